The van der Waals surface area contributed by atoms with Crippen molar-refractivity contribution in [3.8, 4) is 17.4 Å². The largest absolute Gasteiger partial charge is 0.467 e. The van der Waals surface area contributed by atoms with Crippen LogP contribution in [-0.4, -0.2) is 27.0 Å². The van der Waals surface area contributed by atoms with E-state index < -0.39 is 0 Å². The normalized spacial score (nSPS) is 10.8. The minimum atomic E-state index is 0.287. The number of hydrogen-bond donors (Lipinski definition) is 2. The molecule has 2 N–H and O–H groups in total. The number of aromatic nitrogens is 4. The van der Waals surface area contributed by atoms with Gasteiger partial charge in [0.25, 0.3) is 0 Å². The van der Waals surface area contributed by atoms with Crippen LogP contribution >= 0.6 is 0 Å². The van der Waals surface area contributed by atoms with Crippen LogP contribution in [0, 0.1) is 6.92 Å². The van der Waals surface area contributed by atoms with E-state index in [1.54, 1.807) is 7.11 Å². The predicted molar refractivity (Wildman–Crippen MR) is 102 cm³/mol. The summed E-state index contributed by atoms with van der Waals surface area (Å²) < 4.78 is 5.29. The van der Waals surface area contributed by atoms with Crippen molar-refractivity contribution in [1.82, 2.24) is 19.9 Å². The Hall–Kier alpha value is -3.41. The molecule has 0 saturated carbocycles. The third-order valence-electron chi connectivity index (χ3n) is 4.21. The molecular weight excluding hydrogens is 326 g/mol. The maximum atomic E-state index is 5.29. The van der Waals surface area contributed by atoms with Crippen LogP contribution < -0.4 is 10.1 Å². The predicted octanol–water partition coefficient (Wildman–Crippen LogP) is 3.95. The van der Waals surface area contributed by atoms with E-state index in [4.69, 9.17) is 4.74 Å². The van der Waals surface area contributed by atoms with Gasteiger partial charge in [-0.1, -0.05) is 48.5 Å². The number of benzene rings is 2. The maximum absolute atomic E-state index is 5.29. The minimum Gasteiger partial charge on any atom is -0.467 e. The van der Waals surface area contributed by atoms with Crippen LogP contribution in [0.4, 0.5) is 5.95 Å². The topological polar surface area (TPSA) is 75.7 Å². The van der Waals surface area contributed by atoms with E-state index in [1.165, 1.54) is 0 Å². The molecule has 26 heavy (non-hydrogen) atoms. The second-order valence-electron chi connectivity index (χ2n) is 5.98. The quantitative estimate of drug-likeness (QED) is 0.573. The summed E-state index contributed by atoms with van der Waals surface area (Å²) in [6, 6.07) is 18.5. The number of rotatable bonds is 5. The van der Waals surface area contributed by atoms with E-state index in [-0.39, 0.29) is 6.01 Å². The molecule has 4 aromatic rings. The number of methoxy groups -OCH3 is 1. The van der Waals surface area contributed by atoms with Crippen LogP contribution in [0.15, 0.2) is 54.6 Å². The maximum Gasteiger partial charge on any atom is 0.321 e. The molecule has 6 heteroatoms. The molecule has 0 saturated heterocycles. The second-order valence-corrected chi connectivity index (χ2v) is 5.98. The number of ether oxygens (including phenoxy) is 1. The fraction of sp³-hybridized carbons (Fsp3) is 0.150. The van der Waals surface area contributed by atoms with Gasteiger partial charge >= 0.3 is 6.01 Å². The summed E-state index contributed by atoms with van der Waals surface area (Å²) in [6.45, 7) is 2.64. The molecule has 0 unspecified atom stereocenters. The Labute approximate surface area is 151 Å². The van der Waals surface area contributed by atoms with Gasteiger partial charge in [-0.25, -0.2) is 0 Å². The first-order valence-corrected chi connectivity index (χ1v) is 8.40. The lowest BCUT2D eigenvalue weighted by atomic mass is 10.1. The van der Waals surface area contributed by atoms with E-state index in [2.05, 4.69) is 43.5 Å². The lowest BCUT2D eigenvalue weighted by molar-refractivity contribution is 0.379. The summed E-state index contributed by atoms with van der Waals surface area (Å²) in [5, 5.41) is 4.33. The molecule has 2 aromatic carbocycles. The number of nitrogens with zero attached hydrogens (tertiary/aromatic N) is 3. The zero-order chi connectivity index (χ0) is 17.9. The number of nitrogens with one attached hydrogen (secondary N) is 2. The van der Waals surface area contributed by atoms with E-state index in [0.717, 1.165) is 27.7 Å². The molecule has 0 fully saturated rings. The molecule has 2 heterocycles. The van der Waals surface area contributed by atoms with Crippen LogP contribution in [0.3, 0.4) is 0 Å². The third kappa shape index (κ3) is 3.09. The van der Waals surface area contributed by atoms with Crippen molar-refractivity contribution >= 4 is 16.9 Å². The van der Waals surface area contributed by atoms with Crippen LogP contribution in [0.2, 0.25) is 0 Å². The fourth-order valence-electron chi connectivity index (χ4n) is 2.98. The molecule has 2 aromatic heterocycles. The fourth-order valence-corrected chi connectivity index (χ4v) is 2.98. The molecule has 0 bridgehead atoms. The van der Waals surface area contributed by atoms with Gasteiger partial charge in [-0.15, -0.1) is 0 Å². The number of para-hydroxylation sites is 1. The summed E-state index contributed by atoms with van der Waals surface area (Å²) in [5.74, 6) is 1.07. The van der Waals surface area contributed by atoms with Crippen LogP contribution in [0.1, 0.15) is 11.3 Å². The lowest BCUT2D eigenvalue weighted by Gasteiger charge is -2.09. The molecule has 4 rings (SSSR count). The number of aryl methyl sites for hydroxylation is 1. The van der Waals surface area contributed by atoms with E-state index in [0.29, 0.717) is 18.3 Å². The highest BCUT2D eigenvalue weighted by molar-refractivity contribution is 5.95. The monoisotopic (exact) mass is 345 g/mol. The van der Waals surface area contributed by atoms with Gasteiger partial charge in [0, 0.05) is 28.7 Å². The highest BCUT2D eigenvalue weighted by Crippen LogP contribution is 2.30. The van der Waals surface area contributed by atoms with Crippen LogP contribution in [-0.2, 0) is 6.54 Å². The molecule has 0 atom stereocenters. The lowest BCUT2D eigenvalue weighted by Crippen LogP contribution is -2.07. The number of hydrogen-bond acceptors (Lipinski definition) is 5. The highest BCUT2D eigenvalue weighted by atomic mass is 16.5. The van der Waals surface area contributed by atoms with Gasteiger partial charge in [0.05, 0.1) is 7.11 Å². The van der Waals surface area contributed by atoms with Gasteiger partial charge in [-0.05, 0) is 18.6 Å². The Morgan fingerprint density at radius 1 is 0.962 bits per heavy atom. The smallest absolute Gasteiger partial charge is 0.321 e. The number of fused-ring (bicyclic) bond motifs is 1. The number of aromatic amines is 1. The van der Waals surface area contributed by atoms with Gasteiger partial charge in [-0.3, -0.25) is 0 Å². The average molecular weight is 345 g/mol. The van der Waals surface area contributed by atoms with Crippen molar-refractivity contribution in [3.05, 3.63) is 65.9 Å². The van der Waals surface area contributed by atoms with E-state index >= 15 is 0 Å². The van der Waals surface area contributed by atoms with Crippen molar-refractivity contribution < 1.29 is 4.74 Å². The summed E-state index contributed by atoms with van der Waals surface area (Å²) >= 11 is 0. The van der Waals surface area contributed by atoms with Gasteiger partial charge in [-0.2, -0.15) is 15.0 Å². The molecule has 0 radical (unpaired) electrons. The Morgan fingerprint density at radius 3 is 2.54 bits per heavy atom. The molecule has 0 aliphatic heterocycles. The Morgan fingerprint density at radius 2 is 1.73 bits per heavy atom. The first kappa shape index (κ1) is 16.1. The van der Waals surface area contributed by atoms with Gasteiger partial charge in [0.1, 0.15) is 0 Å². The molecule has 130 valence electrons. The summed E-state index contributed by atoms with van der Waals surface area (Å²) in [5.41, 5.74) is 4.17. The van der Waals surface area contributed by atoms with Crippen molar-refractivity contribution in [2.45, 2.75) is 13.5 Å². The van der Waals surface area contributed by atoms with Gasteiger partial charge in [0.2, 0.25) is 5.95 Å². The summed E-state index contributed by atoms with van der Waals surface area (Å²) in [6.07, 6.45) is 0. The van der Waals surface area contributed by atoms with E-state index in [1.807, 2.05) is 43.3 Å². The molecule has 0 aliphatic carbocycles. The van der Waals surface area contributed by atoms with E-state index in [9.17, 15) is 0 Å². The SMILES string of the molecule is COc1nc(NCc2ccccc2)nc(-c2c(C)[nH]c3ccccc23)n1. The second kappa shape index (κ2) is 6.84. The van der Waals surface area contributed by atoms with Gasteiger partial charge in [0.15, 0.2) is 5.82 Å². The Kier molecular flexibility index (Phi) is 4.23. The van der Waals surface area contributed by atoms with Crippen molar-refractivity contribution in [3.63, 3.8) is 0 Å². The van der Waals surface area contributed by atoms with Crippen LogP contribution in [0.25, 0.3) is 22.3 Å². The number of anilines is 1. The van der Waals surface area contributed by atoms with Crippen molar-refractivity contribution in [1.29, 1.82) is 0 Å². The average Bonchev–Trinajstić information content (AvgIpc) is 3.02. The Balaban J connectivity index is 1.73. The summed E-state index contributed by atoms with van der Waals surface area (Å²) in [7, 11) is 1.56. The van der Waals surface area contributed by atoms with Crippen molar-refractivity contribution in [2.75, 3.05) is 12.4 Å². The minimum absolute atomic E-state index is 0.287. The summed E-state index contributed by atoms with van der Waals surface area (Å²) in [4.78, 5) is 16.8. The molecule has 6 nitrogen and oxygen atoms in total. The Bertz CT molecular complexity index is 1040. The molecule has 0 amide bonds. The molecule has 0 aliphatic rings. The number of H-pyrrole nitrogens is 1. The highest BCUT2D eigenvalue weighted by Gasteiger charge is 2.16. The first-order chi connectivity index (χ1) is 12.7. The standard InChI is InChI=1S/C20H19N5O/c1-13-17(15-10-6-7-11-16(15)22-13)18-23-19(25-20(24-18)26-2)21-12-14-8-4-3-5-9-14/h3-11,22H,12H2,1-2H3,(H,21,23,24,25). The van der Waals surface area contributed by atoms with Crippen LogP contribution in [0.5, 0.6) is 6.01 Å². The third-order valence-corrected chi connectivity index (χ3v) is 4.21. The van der Waals surface area contributed by atoms with Gasteiger partial charge < -0.3 is 15.0 Å². The zero-order valence-corrected chi connectivity index (χ0v) is 14.7. The van der Waals surface area contributed by atoms with Crippen molar-refractivity contribution in [2.24, 2.45) is 0 Å². The zero-order valence-electron chi connectivity index (χ0n) is 14.7. The molecular formula is C20H19N5O. The first-order valence-electron chi connectivity index (χ1n) is 8.40. The molecule has 0 spiro atoms.